The average molecular weight is 186 g/mol. The van der Waals surface area contributed by atoms with Gasteiger partial charge < -0.3 is 4.80 Å². The third-order valence-corrected chi connectivity index (χ3v) is 7.84. The minimum absolute atomic E-state index is 0.456. The van der Waals surface area contributed by atoms with Crippen LogP contribution < -0.4 is 0 Å². The van der Waals surface area contributed by atoms with Gasteiger partial charge in [0.15, 0.2) is 8.32 Å². The Hall–Kier alpha value is -0.0831. The summed E-state index contributed by atoms with van der Waals surface area (Å²) in [5, 5.41) is 0. The summed E-state index contributed by atoms with van der Waals surface area (Å²) < 4.78 is 0. The number of allylic oxidation sites excluding steroid dienone is 1. The van der Waals surface area contributed by atoms with Gasteiger partial charge in [-0.3, -0.25) is 0 Å². The van der Waals surface area contributed by atoms with Crippen LogP contribution in [-0.4, -0.2) is 13.1 Å². The van der Waals surface area contributed by atoms with E-state index in [1.165, 1.54) is 0 Å². The molecule has 0 heterocycles. The van der Waals surface area contributed by atoms with Gasteiger partial charge in [0, 0.05) is 0 Å². The summed E-state index contributed by atoms with van der Waals surface area (Å²) in [6.45, 7) is 12.2. The fraction of sp³-hybridized carbons (Fsp3) is 0.800. The molecule has 0 amide bonds. The van der Waals surface area contributed by atoms with E-state index < -0.39 is 8.32 Å². The molecule has 0 aromatic heterocycles. The first-order valence-electron chi connectivity index (χ1n) is 4.78. The summed E-state index contributed by atoms with van der Waals surface area (Å²) in [6.07, 6.45) is 2.86. The molecule has 0 aliphatic carbocycles. The maximum absolute atomic E-state index is 10.4. The first kappa shape index (κ1) is 11.9. The van der Waals surface area contributed by atoms with Crippen LogP contribution in [0.4, 0.5) is 0 Å². The Balaban J connectivity index is 4.28. The molecule has 1 nitrogen and oxygen atoms in total. The fourth-order valence-electron chi connectivity index (χ4n) is 1.58. The molecule has 2 heteroatoms. The van der Waals surface area contributed by atoms with Crippen molar-refractivity contribution in [2.75, 3.05) is 0 Å². The molecule has 0 spiro atoms. The van der Waals surface area contributed by atoms with Crippen molar-refractivity contribution in [3.63, 3.8) is 0 Å². The van der Waals surface area contributed by atoms with Crippen LogP contribution in [0.5, 0.6) is 0 Å². The highest BCUT2D eigenvalue weighted by Crippen LogP contribution is 2.34. The third kappa shape index (κ3) is 2.76. The lowest BCUT2D eigenvalue weighted by molar-refractivity contribution is 0.490. The van der Waals surface area contributed by atoms with Crippen molar-refractivity contribution in [2.24, 2.45) is 0 Å². The van der Waals surface area contributed by atoms with Crippen molar-refractivity contribution in [2.45, 2.75) is 51.2 Å². The van der Waals surface area contributed by atoms with Crippen molar-refractivity contribution in [1.29, 1.82) is 0 Å². The first-order chi connectivity index (χ1) is 5.45. The zero-order valence-corrected chi connectivity index (χ0v) is 9.80. The van der Waals surface area contributed by atoms with E-state index in [-0.39, 0.29) is 0 Å². The van der Waals surface area contributed by atoms with E-state index in [1.54, 1.807) is 0 Å². The van der Waals surface area contributed by atoms with Gasteiger partial charge in [0.1, 0.15) is 0 Å². The van der Waals surface area contributed by atoms with Crippen LogP contribution in [0.25, 0.3) is 0 Å². The molecule has 0 bridgehead atoms. The lowest BCUT2D eigenvalue weighted by atomic mass is 10.5. The van der Waals surface area contributed by atoms with Crippen LogP contribution in [0.1, 0.15) is 34.1 Å². The summed E-state index contributed by atoms with van der Waals surface area (Å²) in [7, 11) is -2.00. The second kappa shape index (κ2) is 4.82. The smallest absolute Gasteiger partial charge is 0.193 e. The molecule has 0 saturated heterocycles. The molecule has 0 aromatic carbocycles. The van der Waals surface area contributed by atoms with Gasteiger partial charge in [0.25, 0.3) is 0 Å². The van der Waals surface area contributed by atoms with Crippen molar-refractivity contribution in [3.8, 4) is 0 Å². The highest BCUT2D eigenvalue weighted by molar-refractivity contribution is 6.75. The van der Waals surface area contributed by atoms with Gasteiger partial charge in [0.2, 0.25) is 0 Å². The molecule has 0 radical (unpaired) electrons. The maximum Gasteiger partial charge on any atom is 0.193 e. The van der Waals surface area contributed by atoms with Crippen LogP contribution in [0.15, 0.2) is 12.7 Å². The Morgan fingerprint density at radius 3 is 1.92 bits per heavy atom. The van der Waals surface area contributed by atoms with Gasteiger partial charge in [-0.1, -0.05) is 33.8 Å². The molecule has 0 unspecified atom stereocenters. The van der Waals surface area contributed by atoms with Crippen molar-refractivity contribution in [1.82, 2.24) is 0 Å². The van der Waals surface area contributed by atoms with Crippen LogP contribution in [0.2, 0.25) is 17.1 Å². The molecule has 0 saturated carbocycles. The predicted octanol–water partition coefficient (Wildman–Crippen LogP) is 3.32. The quantitative estimate of drug-likeness (QED) is 0.516. The Labute approximate surface area is 77.6 Å². The molecule has 12 heavy (non-hydrogen) atoms. The molecule has 0 aliphatic heterocycles. The summed E-state index contributed by atoms with van der Waals surface area (Å²) in [5.74, 6) is 0. The molecule has 1 N–H and O–H groups in total. The van der Waals surface area contributed by atoms with Crippen molar-refractivity contribution >= 4 is 8.32 Å². The summed E-state index contributed by atoms with van der Waals surface area (Å²) in [4.78, 5) is 10.4. The standard InChI is InChI=1S/C10H22OSi/c1-6-7-8-12(11,9(2)3)10(4)5/h6,9-11H,1,7-8H2,2-5H3. The zero-order valence-electron chi connectivity index (χ0n) is 8.80. The number of hydrogen-bond acceptors (Lipinski definition) is 1. The van der Waals surface area contributed by atoms with Gasteiger partial charge in [0.05, 0.1) is 0 Å². The second-order valence-corrected chi connectivity index (χ2v) is 8.92. The highest BCUT2D eigenvalue weighted by atomic mass is 28.4. The average Bonchev–Trinajstić information content (AvgIpc) is 1.99. The number of hydrogen-bond donors (Lipinski definition) is 1. The van der Waals surface area contributed by atoms with Crippen molar-refractivity contribution in [3.05, 3.63) is 12.7 Å². The summed E-state index contributed by atoms with van der Waals surface area (Å²) >= 11 is 0. The van der Waals surface area contributed by atoms with Gasteiger partial charge >= 0.3 is 0 Å². The Morgan fingerprint density at radius 2 is 1.67 bits per heavy atom. The van der Waals surface area contributed by atoms with E-state index in [1.807, 2.05) is 6.08 Å². The van der Waals surface area contributed by atoms with Gasteiger partial charge in [-0.05, 0) is 23.5 Å². The molecule has 72 valence electrons. The number of rotatable bonds is 5. The fourth-order valence-corrected chi connectivity index (χ4v) is 4.73. The molecule has 0 fully saturated rings. The van der Waals surface area contributed by atoms with E-state index in [0.29, 0.717) is 11.1 Å². The monoisotopic (exact) mass is 186 g/mol. The normalized spacial score (nSPS) is 12.6. The Morgan fingerprint density at radius 1 is 1.25 bits per heavy atom. The maximum atomic E-state index is 10.4. The predicted molar refractivity (Wildman–Crippen MR) is 57.8 cm³/mol. The van der Waals surface area contributed by atoms with E-state index in [4.69, 9.17) is 0 Å². The first-order valence-corrected chi connectivity index (χ1v) is 7.09. The second-order valence-electron chi connectivity index (χ2n) is 4.13. The molecule has 0 rings (SSSR count). The molecular weight excluding hydrogens is 164 g/mol. The minimum Gasteiger partial charge on any atom is -0.431 e. The third-order valence-electron chi connectivity index (χ3n) is 2.75. The molecule has 0 aromatic rings. The summed E-state index contributed by atoms with van der Waals surface area (Å²) in [5.41, 5.74) is 0.912. The summed E-state index contributed by atoms with van der Waals surface area (Å²) in [6, 6.07) is 0.964. The minimum atomic E-state index is -2.00. The van der Waals surface area contributed by atoms with Crippen LogP contribution >= 0.6 is 0 Å². The van der Waals surface area contributed by atoms with E-state index in [9.17, 15) is 4.80 Å². The van der Waals surface area contributed by atoms with Gasteiger partial charge in [-0.25, -0.2) is 0 Å². The molecule has 0 atom stereocenters. The Kier molecular flexibility index (Phi) is 4.79. The highest BCUT2D eigenvalue weighted by Gasteiger charge is 2.37. The molecule has 0 aliphatic rings. The SMILES string of the molecule is C=CCC[Si](O)(C(C)C)C(C)C. The van der Waals surface area contributed by atoms with E-state index in [2.05, 4.69) is 34.3 Å². The Bertz CT molecular complexity index is 133. The van der Waals surface area contributed by atoms with Crippen LogP contribution in [0.3, 0.4) is 0 Å². The van der Waals surface area contributed by atoms with E-state index in [0.717, 1.165) is 12.5 Å². The lowest BCUT2D eigenvalue weighted by Gasteiger charge is -2.32. The van der Waals surface area contributed by atoms with Gasteiger partial charge in [-0.15, -0.1) is 6.58 Å². The van der Waals surface area contributed by atoms with Crippen LogP contribution in [-0.2, 0) is 0 Å². The zero-order chi connectivity index (χ0) is 9.78. The largest absolute Gasteiger partial charge is 0.431 e. The van der Waals surface area contributed by atoms with Crippen LogP contribution in [0, 0.1) is 0 Å². The molecular formula is C10H22OSi. The topological polar surface area (TPSA) is 20.2 Å². The van der Waals surface area contributed by atoms with Gasteiger partial charge in [-0.2, -0.15) is 0 Å². The van der Waals surface area contributed by atoms with E-state index >= 15 is 0 Å². The van der Waals surface area contributed by atoms with Crippen molar-refractivity contribution < 1.29 is 4.80 Å². The lowest BCUT2D eigenvalue weighted by Crippen LogP contribution is -2.41.